The van der Waals surface area contributed by atoms with Crippen molar-refractivity contribution in [2.24, 2.45) is 0 Å². The first-order valence-corrected chi connectivity index (χ1v) is 9.80. The third-order valence-corrected chi connectivity index (χ3v) is 5.45. The Bertz CT molecular complexity index is 933. The molecule has 0 aliphatic carbocycles. The van der Waals surface area contributed by atoms with Gasteiger partial charge in [0.2, 0.25) is 5.91 Å². The zero-order valence-electron chi connectivity index (χ0n) is 16.4. The number of amides is 1. The quantitative estimate of drug-likeness (QED) is 0.710. The summed E-state index contributed by atoms with van der Waals surface area (Å²) in [5.74, 6) is 0.168. The van der Waals surface area contributed by atoms with Crippen LogP contribution in [-0.4, -0.2) is 22.5 Å². The van der Waals surface area contributed by atoms with Crippen LogP contribution < -0.4 is 5.32 Å². The average molecular weight is 370 g/mol. The molecule has 1 fully saturated rings. The minimum Gasteiger partial charge on any atom is -0.319 e. The van der Waals surface area contributed by atoms with E-state index in [9.17, 15) is 4.79 Å². The lowest BCUT2D eigenvalue weighted by atomic mass is 10.0. The van der Waals surface area contributed by atoms with Crippen molar-refractivity contribution in [2.45, 2.75) is 38.5 Å². The van der Waals surface area contributed by atoms with Crippen molar-refractivity contribution in [3.05, 3.63) is 96.1 Å². The predicted molar refractivity (Wildman–Crippen MR) is 114 cm³/mol. The van der Waals surface area contributed by atoms with E-state index in [2.05, 4.69) is 67.7 Å². The minimum absolute atomic E-state index is 0.168. The third kappa shape index (κ3) is 3.85. The molecular formula is C25H26N2O. The summed E-state index contributed by atoms with van der Waals surface area (Å²) in [4.78, 5) is 15.0. The van der Waals surface area contributed by atoms with E-state index < -0.39 is 0 Å². The molecule has 1 aliphatic heterocycles. The van der Waals surface area contributed by atoms with Gasteiger partial charge in [0, 0.05) is 6.54 Å². The Kier molecular flexibility index (Phi) is 5.01. The van der Waals surface area contributed by atoms with E-state index in [4.69, 9.17) is 0 Å². The van der Waals surface area contributed by atoms with Crippen LogP contribution in [0.4, 0.5) is 0 Å². The molecule has 0 saturated carbocycles. The molecule has 1 aliphatic rings. The Morgan fingerprint density at radius 3 is 2.00 bits per heavy atom. The monoisotopic (exact) mass is 370 g/mol. The van der Waals surface area contributed by atoms with Gasteiger partial charge in [-0.2, -0.15) is 0 Å². The van der Waals surface area contributed by atoms with Gasteiger partial charge in [0.25, 0.3) is 0 Å². The average Bonchev–Trinajstić information content (AvgIpc) is 2.93. The molecule has 0 aromatic heterocycles. The zero-order chi connectivity index (χ0) is 19.6. The van der Waals surface area contributed by atoms with E-state index in [1.807, 2.05) is 41.3 Å². The first-order valence-electron chi connectivity index (χ1n) is 9.80. The topological polar surface area (TPSA) is 32.3 Å². The minimum atomic E-state index is -0.360. The van der Waals surface area contributed by atoms with Gasteiger partial charge in [-0.25, -0.2) is 0 Å². The lowest BCUT2D eigenvalue weighted by molar-refractivity contribution is -0.132. The van der Waals surface area contributed by atoms with Gasteiger partial charge >= 0.3 is 0 Å². The summed E-state index contributed by atoms with van der Waals surface area (Å²) < 4.78 is 0. The van der Waals surface area contributed by atoms with Gasteiger partial charge in [0.05, 0.1) is 11.7 Å². The van der Waals surface area contributed by atoms with Crippen molar-refractivity contribution in [3.8, 4) is 11.1 Å². The highest BCUT2D eigenvalue weighted by Gasteiger charge is 2.43. The lowest BCUT2D eigenvalue weighted by Gasteiger charge is -2.31. The normalized spacial score (nSPS) is 18.4. The second-order valence-electron chi connectivity index (χ2n) is 7.93. The lowest BCUT2D eigenvalue weighted by Crippen LogP contribution is -2.46. The molecule has 1 N–H and O–H groups in total. The summed E-state index contributed by atoms with van der Waals surface area (Å²) in [6, 6.07) is 28.9. The van der Waals surface area contributed by atoms with E-state index in [1.165, 1.54) is 16.7 Å². The molecule has 28 heavy (non-hydrogen) atoms. The van der Waals surface area contributed by atoms with Crippen molar-refractivity contribution in [2.75, 3.05) is 0 Å². The molecule has 3 aromatic carbocycles. The molecule has 1 saturated heterocycles. The first-order chi connectivity index (χ1) is 13.5. The summed E-state index contributed by atoms with van der Waals surface area (Å²) in [5, 5.41) is 3.52. The van der Waals surface area contributed by atoms with Crippen LogP contribution in [0, 0.1) is 0 Å². The number of benzene rings is 3. The molecule has 0 spiro atoms. The van der Waals surface area contributed by atoms with Crippen LogP contribution in [0.3, 0.4) is 0 Å². The highest BCUT2D eigenvalue weighted by molar-refractivity contribution is 5.85. The molecular weight excluding hydrogens is 344 g/mol. The van der Waals surface area contributed by atoms with Gasteiger partial charge in [-0.15, -0.1) is 0 Å². The SMILES string of the molecule is CC1(C)N[C@@H](Cc2ccc(-c3ccccc3)cc2)C(=O)N1Cc1ccccc1. The maximum atomic E-state index is 13.1. The second-order valence-corrected chi connectivity index (χ2v) is 7.93. The van der Waals surface area contributed by atoms with Crippen LogP contribution in [0.1, 0.15) is 25.0 Å². The fourth-order valence-electron chi connectivity index (χ4n) is 3.91. The number of nitrogens with zero attached hydrogens (tertiary/aromatic N) is 1. The Balaban J connectivity index is 1.47. The van der Waals surface area contributed by atoms with Gasteiger partial charge in [0.1, 0.15) is 0 Å². The fourth-order valence-corrected chi connectivity index (χ4v) is 3.91. The van der Waals surface area contributed by atoms with Crippen LogP contribution in [0.2, 0.25) is 0 Å². The van der Waals surface area contributed by atoms with E-state index in [0.717, 1.165) is 5.56 Å². The van der Waals surface area contributed by atoms with Crippen LogP contribution in [0.5, 0.6) is 0 Å². The molecule has 1 atom stereocenters. The maximum Gasteiger partial charge on any atom is 0.241 e. The maximum absolute atomic E-state index is 13.1. The number of hydrogen-bond acceptors (Lipinski definition) is 2. The summed E-state index contributed by atoms with van der Waals surface area (Å²) in [5.41, 5.74) is 4.36. The van der Waals surface area contributed by atoms with Crippen molar-refractivity contribution >= 4 is 5.91 Å². The van der Waals surface area contributed by atoms with Crippen molar-refractivity contribution in [3.63, 3.8) is 0 Å². The van der Waals surface area contributed by atoms with Crippen molar-refractivity contribution in [1.29, 1.82) is 0 Å². The number of nitrogens with one attached hydrogen (secondary N) is 1. The van der Waals surface area contributed by atoms with Crippen LogP contribution in [-0.2, 0) is 17.8 Å². The highest BCUT2D eigenvalue weighted by Crippen LogP contribution is 2.26. The first kappa shape index (κ1) is 18.5. The van der Waals surface area contributed by atoms with E-state index >= 15 is 0 Å². The highest BCUT2D eigenvalue weighted by atomic mass is 16.2. The third-order valence-electron chi connectivity index (χ3n) is 5.45. The molecule has 3 heteroatoms. The number of rotatable bonds is 5. The molecule has 3 nitrogen and oxygen atoms in total. The van der Waals surface area contributed by atoms with Crippen molar-refractivity contribution < 1.29 is 4.79 Å². The second kappa shape index (κ2) is 7.61. The molecule has 142 valence electrons. The van der Waals surface area contributed by atoms with Gasteiger partial charge in [-0.1, -0.05) is 84.9 Å². The van der Waals surface area contributed by atoms with Crippen LogP contribution >= 0.6 is 0 Å². The summed E-state index contributed by atoms with van der Waals surface area (Å²) in [7, 11) is 0. The van der Waals surface area contributed by atoms with Gasteiger partial charge in [-0.3, -0.25) is 10.1 Å². The molecule has 4 rings (SSSR count). The molecule has 0 bridgehead atoms. The Labute approximate surface area is 167 Å². The van der Waals surface area contributed by atoms with E-state index in [1.54, 1.807) is 0 Å². The van der Waals surface area contributed by atoms with E-state index in [-0.39, 0.29) is 17.6 Å². The Morgan fingerprint density at radius 1 is 0.786 bits per heavy atom. The van der Waals surface area contributed by atoms with E-state index in [0.29, 0.717) is 13.0 Å². The predicted octanol–water partition coefficient (Wildman–Crippen LogP) is 4.63. The summed E-state index contributed by atoms with van der Waals surface area (Å²) >= 11 is 0. The van der Waals surface area contributed by atoms with Gasteiger partial charge in [0.15, 0.2) is 0 Å². The summed E-state index contributed by atoms with van der Waals surface area (Å²) in [6.07, 6.45) is 0.697. The molecule has 0 radical (unpaired) electrons. The fraction of sp³-hybridized carbons (Fsp3) is 0.240. The van der Waals surface area contributed by atoms with Crippen LogP contribution in [0.25, 0.3) is 11.1 Å². The molecule has 0 unspecified atom stereocenters. The largest absolute Gasteiger partial charge is 0.319 e. The number of carbonyl (C=O) groups is 1. The van der Waals surface area contributed by atoms with Gasteiger partial charge < -0.3 is 4.90 Å². The number of hydrogen-bond donors (Lipinski definition) is 1. The number of carbonyl (C=O) groups excluding carboxylic acids is 1. The Hall–Kier alpha value is -2.91. The summed E-state index contributed by atoms with van der Waals surface area (Å²) in [6.45, 7) is 4.78. The van der Waals surface area contributed by atoms with Crippen LogP contribution in [0.15, 0.2) is 84.9 Å². The Morgan fingerprint density at radius 2 is 1.36 bits per heavy atom. The molecule has 3 aromatic rings. The smallest absolute Gasteiger partial charge is 0.241 e. The standard InChI is InChI=1S/C25H26N2O/c1-25(2)26-23(24(28)27(25)18-20-9-5-3-6-10-20)17-19-13-15-22(16-14-19)21-11-7-4-8-12-21/h3-16,23,26H,17-18H2,1-2H3/t23-/m0/s1. The molecule has 1 heterocycles. The van der Waals surface area contributed by atoms with Crippen molar-refractivity contribution in [1.82, 2.24) is 10.2 Å². The van der Waals surface area contributed by atoms with Gasteiger partial charge in [-0.05, 0) is 42.5 Å². The zero-order valence-corrected chi connectivity index (χ0v) is 16.4. The molecule has 1 amide bonds.